The number of benzene rings is 1. The van der Waals surface area contributed by atoms with Gasteiger partial charge in [0.1, 0.15) is 0 Å². The molecular weight excluding hydrogens is 290 g/mol. The van der Waals surface area contributed by atoms with Gasteiger partial charge in [0.15, 0.2) is 6.10 Å². The molecule has 0 radical (unpaired) electrons. The van der Waals surface area contributed by atoms with Crippen LogP contribution in [-0.4, -0.2) is 31.8 Å². The maximum atomic E-state index is 12.3. The van der Waals surface area contributed by atoms with E-state index in [4.69, 9.17) is 21.1 Å². The highest BCUT2D eigenvalue weighted by molar-refractivity contribution is 6.30. The molecule has 0 bridgehead atoms. The smallest absolute Gasteiger partial charge is 0.252 e. The third kappa shape index (κ3) is 3.57. The Labute approximate surface area is 129 Å². The molecule has 0 unspecified atom stereocenters. The second-order valence-electron chi connectivity index (χ2n) is 5.85. The van der Waals surface area contributed by atoms with E-state index in [1.54, 1.807) is 0 Å². The van der Waals surface area contributed by atoms with Gasteiger partial charge in [-0.25, -0.2) is 0 Å². The first kappa shape index (κ1) is 14.8. The van der Waals surface area contributed by atoms with Crippen molar-refractivity contribution in [3.05, 3.63) is 34.9 Å². The van der Waals surface area contributed by atoms with Gasteiger partial charge in [-0.15, -0.1) is 0 Å². The van der Waals surface area contributed by atoms with Crippen molar-refractivity contribution in [3.63, 3.8) is 0 Å². The number of carbonyl (C=O) groups excluding carboxylic acids is 1. The summed E-state index contributed by atoms with van der Waals surface area (Å²) in [6.07, 6.45) is 0.637. The number of amides is 1. The highest BCUT2D eigenvalue weighted by Crippen LogP contribution is 2.47. The fraction of sp³-hybridized carbons (Fsp3) is 0.562. The number of nitrogens with one attached hydrogen (secondary N) is 1. The largest absolute Gasteiger partial charge is 0.376 e. The molecule has 114 valence electrons. The summed E-state index contributed by atoms with van der Waals surface area (Å²) >= 11 is 5.94. The molecule has 4 atom stereocenters. The Kier molecular flexibility index (Phi) is 4.48. The van der Waals surface area contributed by atoms with Crippen molar-refractivity contribution in [2.75, 3.05) is 19.8 Å². The minimum absolute atomic E-state index is 0.0234. The fourth-order valence-electron chi connectivity index (χ4n) is 2.81. The van der Waals surface area contributed by atoms with Crippen molar-refractivity contribution in [1.29, 1.82) is 0 Å². The Hall–Kier alpha value is -1.10. The van der Waals surface area contributed by atoms with Gasteiger partial charge >= 0.3 is 0 Å². The third-order valence-corrected chi connectivity index (χ3v) is 4.49. The van der Waals surface area contributed by atoms with Crippen LogP contribution in [0.15, 0.2) is 24.3 Å². The van der Waals surface area contributed by atoms with Crippen LogP contribution in [0.5, 0.6) is 0 Å². The molecule has 1 heterocycles. The zero-order valence-electron chi connectivity index (χ0n) is 12.0. The van der Waals surface area contributed by atoms with Crippen molar-refractivity contribution in [1.82, 2.24) is 5.32 Å². The Balaban J connectivity index is 1.70. The standard InChI is InChI=1S/C16H20ClNO3/c1-10-8-13(10)15(11-2-4-12(17)5-3-11)18-16(19)14-9-20-6-7-21-14/h2-5,10,13-15H,6-9H2,1H3,(H,18,19)/t10-,13+,14+,15-/m1/s1. The van der Waals surface area contributed by atoms with E-state index in [1.165, 1.54) is 0 Å². The fourth-order valence-corrected chi connectivity index (χ4v) is 2.93. The summed E-state index contributed by atoms with van der Waals surface area (Å²) in [5, 5.41) is 3.83. The van der Waals surface area contributed by atoms with Crippen LogP contribution in [-0.2, 0) is 14.3 Å². The van der Waals surface area contributed by atoms with Gasteiger partial charge in [0, 0.05) is 5.02 Å². The van der Waals surface area contributed by atoms with Crippen molar-refractivity contribution >= 4 is 17.5 Å². The summed E-state index contributed by atoms with van der Waals surface area (Å²) in [7, 11) is 0. The third-order valence-electron chi connectivity index (χ3n) is 4.24. The summed E-state index contributed by atoms with van der Waals surface area (Å²) in [5.41, 5.74) is 1.10. The van der Waals surface area contributed by atoms with E-state index in [-0.39, 0.29) is 11.9 Å². The molecular formula is C16H20ClNO3. The van der Waals surface area contributed by atoms with Gasteiger partial charge in [-0.3, -0.25) is 4.79 Å². The van der Waals surface area contributed by atoms with Crippen molar-refractivity contribution in [2.45, 2.75) is 25.5 Å². The highest BCUT2D eigenvalue weighted by Gasteiger charge is 2.41. The molecule has 1 aromatic rings. The molecule has 21 heavy (non-hydrogen) atoms. The Morgan fingerprint density at radius 3 is 2.62 bits per heavy atom. The van der Waals surface area contributed by atoms with E-state index in [2.05, 4.69) is 12.2 Å². The maximum Gasteiger partial charge on any atom is 0.252 e. The summed E-state index contributed by atoms with van der Waals surface area (Å²) in [6.45, 7) is 3.58. The van der Waals surface area contributed by atoms with Crippen LogP contribution in [0.3, 0.4) is 0 Å². The van der Waals surface area contributed by atoms with Crippen molar-refractivity contribution < 1.29 is 14.3 Å². The zero-order chi connectivity index (χ0) is 14.8. The van der Waals surface area contributed by atoms with Crippen LogP contribution in [0.25, 0.3) is 0 Å². The Morgan fingerprint density at radius 2 is 2.05 bits per heavy atom. The number of rotatable bonds is 4. The van der Waals surface area contributed by atoms with Gasteiger partial charge in [0.05, 0.1) is 25.9 Å². The number of hydrogen-bond acceptors (Lipinski definition) is 3. The maximum absolute atomic E-state index is 12.3. The summed E-state index contributed by atoms with van der Waals surface area (Å²) < 4.78 is 10.8. The highest BCUT2D eigenvalue weighted by atomic mass is 35.5. The van der Waals surface area contributed by atoms with E-state index in [0.717, 1.165) is 12.0 Å². The quantitative estimate of drug-likeness (QED) is 0.930. The Morgan fingerprint density at radius 1 is 1.33 bits per heavy atom. The van der Waals surface area contributed by atoms with E-state index >= 15 is 0 Å². The van der Waals surface area contributed by atoms with Gasteiger partial charge in [0.2, 0.25) is 0 Å². The van der Waals surface area contributed by atoms with Gasteiger partial charge in [-0.1, -0.05) is 30.7 Å². The van der Waals surface area contributed by atoms with E-state index in [9.17, 15) is 4.79 Å². The first-order valence-electron chi connectivity index (χ1n) is 7.40. The lowest BCUT2D eigenvalue weighted by molar-refractivity contribution is -0.148. The normalized spacial score (nSPS) is 29.7. The predicted molar refractivity (Wildman–Crippen MR) is 80.2 cm³/mol. The lowest BCUT2D eigenvalue weighted by Crippen LogP contribution is -2.44. The SMILES string of the molecule is C[C@@H]1C[C@@H]1[C@H](NC(=O)[C@@H]1COCCO1)c1ccc(Cl)cc1. The van der Waals surface area contributed by atoms with E-state index in [1.807, 2.05) is 24.3 Å². The molecule has 5 heteroatoms. The molecule has 1 N–H and O–H groups in total. The van der Waals surface area contributed by atoms with Crippen molar-refractivity contribution in [3.8, 4) is 0 Å². The molecule has 4 nitrogen and oxygen atoms in total. The van der Waals surface area contributed by atoms with E-state index < -0.39 is 6.10 Å². The van der Waals surface area contributed by atoms with Crippen LogP contribution in [0, 0.1) is 11.8 Å². The van der Waals surface area contributed by atoms with E-state index in [0.29, 0.717) is 36.7 Å². The number of carbonyl (C=O) groups is 1. The number of hydrogen-bond donors (Lipinski definition) is 1. The van der Waals surface area contributed by atoms with Crippen LogP contribution in [0.2, 0.25) is 5.02 Å². The molecule has 2 fully saturated rings. The van der Waals surface area contributed by atoms with Crippen molar-refractivity contribution in [2.24, 2.45) is 11.8 Å². The average Bonchev–Trinajstić information content (AvgIpc) is 3.23. The molecule has 2 aliphatic rings. The number of ether oxygens (including phenoxy) is 2. The lowest BCUT2D eigenvalue weighted by atomic mass is 10.0. The molecule has 1 aliphatic carbocycles. The molecule has 1 amide bonds. The van der Waals surface area contributed by atoms with Gasteiger partial charge in [-0.05, 0) is 36.0 Å². The molecule has 1 aromatic carbocycles. The molecule has 3 rings (SSSR count). The zero-order valence-corrected chi connectivity index (χ0v) is 12.8. The molecule has 1 saturated carbocycles. The second-order valence-corrected chi connectivity index (χ2v) is 6.29. The second kappa shape index (κ2) is 6.34. The minimum atomic E-state index is -0.498. The topological polar surface area (TPSA) is 47.6 Å². The molecule has 0 spiro atoms. The van der Waals surface area contributed by atoms with Gasteiger partial charge < -0.3 is 14.8 Å². The lowest BCUT2D eigenvalue weighted by Gasteiger charge is -2.26. The van der Waals surface area contributed by atoms with Gasteiger partial charge in [0.25, 0.3) is 5.91 Å². The summed E-state index contributed by atoms with van der Waals surface area (Å²) in [5.74, 6) is 1.03. The Bertz CT molecular complexity index is 499. The summed E-state index contributed by atoms with van der Waals surface area (Å²) in [4.78, 5) is 12.3. The van der Waals surface area contributed by atoms with Crippen LogP contribution in [0.4, 0.5) is 0 Å². The van der Waals surface area contributed by atoms with Gasteiger partial charge in [-0.2, -0.15) is 0 Å². The first-order valence-corrected chi connectivity index (χ1v) is 7.78. The summed E-state index contributed by atoms with van der Waals surface area (Å²) in [6, 6.07) is 7.72. The predicted octanol–water partition coefficient (Wildman–Crippen LogP) is 2.57. The monoisotopic (exact) mass is 309 g/mol. The average molecular weight is 310 g/mol. The van der Waals surface area contributed by atoms with Crippen LogP contribution < -0.4 is 5.32 Å². The molecule has 1 saturated heterocycles. The van der Waals surface area contributed by atoms with Crippen LogP contribution in [0.1, 0.15) is 24.9 Å². The first-order chi connectivity index (χ1) is 10.1. The minimum Gasteiger partial charge on any atom is -0.376 e. The number of halogens is 1. The molecule has 1 aliphatic heterocycles. The van der Waals surface area contributed by atoms with Crippen LogP contribution >= 0.6 is 11.6 Å². The molecule has 0 aromatic heterocycles.